The average Bonchev–Trinajstić information content (AvgIpc) is 2.59. The third-order valence-electron chi connectivity index (χ3n) is 3.07. The highest BCUT2D eigenvalue weighted by atomic mass is 16.5. The quantitative estimate of drug-likeness (QED) is 0.491. The van der Waals surface area contributed by atoms with Crippen LogP contribution in [0.4, 0.5) is 0 Å². The van der Waals surface area contributed by atoms with Crippen LogP contribution in [0.1, 0.15) is 21.5 Å². The fourth-order valence-electron chi connectivity index (χ4n) is 1.87. The van der Waals surface area contributed by atoms with Gasteiger partial charge in [-0.1, -0.05) is 12.1 Å². The van der Waals surface area contributed by atoms with Gasteiger partial charge in [-0.3, -0.25) is 4.79 Å². The maximum atomic E-state index is 12.3. The van der Waals surface area contributed by atoms with Gasteiger partial charge < -0.3 is 4.74 Å². The number of methoxy groups -OCH3 is 1. The lowest BCUT2D eigenvalue weighted by Gasteiger charge is -2.02. The van der Waals surface area contributed by atoms with Gasteiger partial charge >= 0.3 is 0 Å². The van der Waals surface area contributed by atoms with Gasteiger partial charge in [0.2, 0.25) is 5.78 Å². The average molecular weight is 288 g/mol. The van der Waals surface area contributed by atoms with E-state index in [1.54, 1.807) is 55.6 Å². The number of ketones is 1. The van der Waals surface area contributed by atoms with Crippen molar-refractivity contribution in [2.75, 3.05) is 7.11 Å². The Hall–Kier alpha value is -3.37. The van der Waals surface area contributed by atoms with E-state index < -0.39 is 0 Å². The van der Waals surface area contributed by atoms with Crippen molar-refractivity contribution in [1.29, 1.82) is 10.5 Å². The Morgan fingerprint density at radius 1 is 1.05 bits per heavy atom. The third-order valence-corrected chi connectivity index (χ3v) is 3.07. The number of ether oxygens (including phenoxy) is 1. The Balaban J connectivity index is 2.29. The monoisotopic (exact) mass is 288 g/mol. The van der Waals surface area contributed by atoms with Gasteiger partial charge in [0.15, 0.2) is 0 Å². The molecule has 0 amide bonds. The molecule has 4 nitrogen and oxygen atoms in total. The topological polar surface area (TPSA) is 73.9 Å². The summed E-state index contributed by atoms with van der Waals surface area (Å²) in [5.41, 5.74) is 1.67. The van der Waals surface area contributed by atoms with Crippen molar-refractivity contribution >= 4 is 11.9 Å². The smallest absolute Gasteiger partial charge is 0.203 e. The van der Waals surface area contributed by atoms with Crippen molar-refractivity contribution in [2.24, 2.45) is 0 Å². The number of carbonyl (C=O) groups excluding carboxylic acids is 1. The van der Waals surface area contributed by atoms with Crippen molar-refractivity contribution < 1.29 is 9.53 Å². The number of hydrogen-bond acceptors (Lipinski definition) is 4. The molecule has 2 rings (SSSR count). The number of rotatable bonds is 4. The summed E-state index contributed by atoms with van der Waals surface area (Å²) in [4.78, 5) is 12.3. The van der Waals surface area contributed by atoms with E-state index in [9.17, 15) is 10.1 Å². The van der Waals surface area contributed by atoms with Crippen LogP contribution in [0, 0.1) is 22.7 Å². The molecule has 0 saturated heterocycles. The molecule has 0 atom stereocenters. The number of benzene rings is 2. The van der Waals surface area contributed by atoms with Gasteiger partial charge in [0, 0.05) is 5.56 Å². The van der Waals surface area contributed by atoms with E-state index in [0.29, 0.717) is 22.4 Å². The fraction of sp³-hybridized carbons (Fsp3) is 0.0556. The van der Waals surface area contributed by atoms with Gasteiger partial charge in [0.05, 0.1) is 18.7 Å². The lowest BCUT2D eigenvalue weighted by atomic mass is 10.0. The molecule has 0 radical (unpaired) electrons. The number of carbonyl (C=O) groups is 1. The number of allylic oxidation sites excluding steroid dienone is 1. The van der Waals surface area contributed by atoms with Crippen molar-refractivity contribution in [3.05, 3.63) is 70.8 Å². The zero-order valence-electron chi connectivity index (χ0n) is 11.9. The van der Waals surface area contributed by atoms with E-state index in [1.807, 2.05) is 12.1 Å². The minimum Gasteiger partial charge on any atom is -0.497 e. The molecule has 2 aromatic carbocycles. The van der Waals surface area contributed by atoms with Crippen LogP contribution in [-0.4, -0.2) is 12.9 Å². The van der Waals surface area contributed by atoms with Crippen LogP contribution in [0.25, 0.3) is 6.08 Å². The first-order valence-corrected chi connectivity index (χ1v) is 6.48. The molecule has 0 aliphatic heterocycles. The molecule has 0 heterocycles. The molecule has 0 saturated carbocycles. The third kappa shape index (κ3) is 3.39. The largest absolute Gasteiger partial charge is 0.497 e. The highest BCUT2D eigenvalue weighted by Gasteiger charge is 2.12. The Bertz CT molecular complexity index is 789. The maximum Gasteiger partial charge on any atom is 0.203 e. The van der Waals surface area contributed by atoms with Gasteiger partial charge in [0.1, 0.15) is 17.4 Å². The lowest BCUT2D eigenvalue weighted by molar-refractivity contribution is 0.104. The highest BCUT2D eigenvalue weighted by Crippen LogP contribution is 2.16. The molecule has 0 unspecified atom stereocenters. The van der Waals surface area contributed by atoms with Gasteiger partial charge in [-0.2, -0.15) is 10.5 Å². The molecular weight excluding hydrogens is 276 g/mol. The summed E-state index contributed by atoms with van der Waals surface area (Å²) in [5.74, 6) is 0.292. The standard InChI is InChI=1S/C18H12N2O2/c1-22-17-8-6-15(7-9-17)18(21)16(12-20)10-13-2-4-14(11-19)5-3-13/h2-10H,1H3/b16-10-. The van der Waals surface area contributed by atoms with E-state index in [-0.39, 0.29) is 11.4 Å². The van der Waals surface area contributed by atoms with Crippen LogP contribution >= 0.6 is 0 Å². The zero-order chi connectivity index (χ0) is 15.9. The fourth-order valence-corrected chi connectivity index (χ4v) is 1.87. The van der Waals surface area contributed by atoms with E-state index >= 15 is 0 Å². The summed E-state index contributed by atoms with van der Waals surface area (Å²) < 4.78 is 5.04. The zero-order valence-corrected chi connectivity index (χ0v) is 11.9. The second kappa shape index (κ2) is 6.88. The van der Waals surface area contributed by atoms with Crippen molar-refractivity contribution in [3.63, 3.8) is 0 Å². The summed E-state index contributed by atoms with van der Waals surface area (Å²) in [5, 5.41) is 18.0. The first-order chi connectivity index (χ1) is 10.7. The minimum atomic E-state index is -0.352. The molecule has 2 aromatic rings. The highest BCUT2D eigenvalue weighted by molar-refractivity contribution is 6.14. The number of nitriles is 2. The van der Waals surface area contributed by atoms with E-state index in [1.165, 1.54) is 6.08 Å². The second-order valence-corrected chi connectivity index (χ2v) is 4.46. The molecule has 22 heavy (non-hydrogen) atoms. The van der Waals surface area contributed by atoms with Crippen LogP contribution in [0.5, 0.6) is 5.75 Å². The van der Waals surface area contributed by atoms with Crippen molar-refractivity contribution in [1.82, 2.24) is 0 Å². The first kappa shape index (κ1) is 15.0. The Morgan fingerprint density at radius 2 is 1.68 bits per heavy atom. The van der Waals surface area contributed by atoms with Gasteiger partial charge in [-0.05, 0) is 48.0 Å². The van der Waals surface area contributed by atoms with Crippen LogP contribution in [-0.2, 0) is 0 Å². The second-order valence-electron chi connectivity index (χ2n) is 4.46. The number of nitrogens with zero attached hydrogens (tertiary/aromatic N) is 2. The molecule has 106 valence electrons. The van der Waals surface area contributed by atoms with E-state index in [0.717, 1.165) is 0 Å². The van der Waals surface area contributed by atoms with Crippen molar-refractivity contribution in [3.8, 4) is 17.9 Å². The van der Waals surface area contributed by atoms with Crippen molar-refractivity contribution in [2.45, 2.75) is 0 Å². The Morgan fingerprint density at radius 3 is 2.18 bits per heavy atom. The minimum absolute atomic E-state index is 0.0369. The number of hydrogen-bond donors (Lipinski definition) is 0. The summed E-state index contributed by atoms with van der Waals surface area (Å²) in [7, 11) is 1.54. The lowest BCUT2D eigenvalue weighted by Crippen LogP contribution is -2.01. The predicted molar refractivity (Wildman–Crippen MR) is 82.1 cm³/mol. The molecule has 0 spiro atoms. The SMILES string of the molecule is COc1ccc(C(=O)/C(C#N)=C\c2ccc(C#N)cc2)cc1. The maximum absolute atomic E-state index is 12.3. The van der Waals surface area contributed by atoms with Gasteiger partial charge in [0.25, 0.3) is 0 Å². The predicted octanol–water partition coefficient (Wildman–Crippen LogP) is 3.36. The summed E-state index contributed by atoms with van der Waals surface area (Å²) >= 11 is 0. The van der Waals surface area contributed by atoms with E-state index in [4.69, 9.17) is 10.00 Å². The Labute approximate surface area is 128 Å². The summed E-state index contributed by atoms with van der Waals surface area (Å²) in [6, 6.07) is 17.2. The first-order valence-electron chi connectivity index (χ1n) is 6.48. The molecule has 0 aromatic heterocycles. The van der Waals surface area contributed by atoms with E-state index in [2.05, 4.69) is 0 Å². The van der Waals surface area contributed by atoms with Crippen LogP contribution in [0.3, 0.4) is 0 Å². The number of Topliss-reactive ketones (excluding diaryl/α,β-unsaturated/α-hetero) is 1. The normalized spacial score (nSPS) is 10.4. The molecule has 0 fully saturated rings. The van der Waals surface area contributed by atoms with Crippen LogP contribution < -0.4 is 4.74 Å². The molecule has 0 N–H and O–H groups in total. The Kier molecular flexibility index (Phi) is 4.70. The molecule has 0 bridgehead atoms. The summed E-state index contributed by atoms with van der Waals surface area (Å²) in [6.07, 6.45) is 1.51. The molecule has 0 aliphatic rings. The van der Waals surface area contributed by atoms with Crippen LogP contribution in [0.2, 0.25) is 0 Å². The van der Waals surface area contributed by atoms with Crippen LogP contribution in [0.15, 0.2) is 54.1 Å². The molecule has 0 aliphatic carbocycles. The van der Waals surface area contributed by atoms with Gasteiger partial charge in [-0.15, -0.1) is 0 Å². The summed E-state index contributed by atoms with van der Waals surface area (Å²) in [6.45, 7) is 0. The molecular formula is C18H12N2O2. The molecule has 4 heteroatoms. The van der Waals surface area contributed by atoms with Gasteiger partial charge in [-0.25, -0.2) is 0 Å².